The van der Waals surface area contributed by atoms with Gasteiger partial charge in [-0.25, -0.2) is 4.79 Å². The van der Waals surface area contributed by atoms with E-state index in [1.165, 1.54) is 13.8 Å². The molecule has 0 aliphatic heterocycles. The maximum absolute atomic E-state index is 12.5. The van der Waals surface area contributed by atoms with Crippen molar-refractivity contribution in [3.63, 3.8) is 0 Å². The van der Waals surface area contributed by atoms with Gasteiger partial charge in [0.05, 0.1) is 0 Å². The molecular formula is C22H22N2O4. The molecule has 28 heavy (non-hydrogen) atoms. The molecule has 1 amide bonds. The first kappa shape index (κ1) is 19.4. The molecular weight excluding hydrogens is 356 g/mol. The highest BCUT2D eigenvalue weighted by Crippen LogP contribution is 2.24. The maximum atomic E-state index is 12.5. The fraction of sp³-hybridized carbons (Fsp3) is 0.227. The van der Waals surface area contributed by atoms with Crippen molar-refractivity contribution in [1.82, 2.24) is 4.98 Å². The molecule has 1 unspecified atom stereocenters. The minimum absolute atomic E-state index is 0.132. The number of ether oxygens (including phenoxy) is 1. The number of amides is 1. The van der Waals surface area contributed by atoms with Crippen molar-refractivity contribution < 1.29 is 19.1 Å². The largest absolute Gasteiger partial charge is 0.448 e. The lowest BCUT2D eigenvalue weighted by atomic mass is 10.1. The standard InChI is InChI=1S/C22H22N2O4/c1-12-19(14(3)25)13(2)23-20(12)22(27)28-15(4)21(26)24-18-11-7-9-16-8-5-6-10-17(16)18/h5-11,15,23H,1-4H3,(H,24,26). The zero-order chi connectivity index (χ0) is 20.4. The Morgan fingerprint density at radius 2 is 1.71 bits per heavy atom. The van der Waals surface area contributed by atoms with Crippen LogP contribution in [0.25, 0.3) is 10.8 Å². The van der Waals surface area contributed by atoms with E-state index in [-0.39, 0.29) is 11.5 Å². The lowest BCUT2D eigenvalue weighted by Gasteiger charge is -2.14. The third-order valence-electron chi connectivity index (χ3n) is 4.69. The molecule has 3 aromatic rings. The molecule has 144 valence electrons. The number of H-pyrrole nitrogens is 1. The molecule has 1 aromatic heterocycles. The van der Waals surface area contributed by atoms with Crippen molar-refractivity contribution >= 4 is 34.1 Å². The van der Waals surface area contributed by atoms with E-state index in [1.807, 2.05) is 36.4 Å². The fourth-order valence-electron chi connectivity index (χ4n) is 3.32. The number of anilines is 1. The van der Waals surface area contributed by atoms with Crippen LogP contribution in [0.3, 0.4) is 0 Å². The summed E-state index contributed by atoms with van der Waals surface area (Å²) in [6.07, 6.45) is -1.00. The van der Waals surface area contributed by atoms with Crippen molar-refractivity contribution in [3.8, 4) is 0 Å². The molecule has 0 bridgehead atoms. The summed E-state index contributed by atoms with van der Waals surface area (Å²) in [6.45, 7) is 6.35. The number of Topliss-reactive ketones (excluding diaryl/α,β-unsaturated/α-hetero) is 1. The Labute approximate surface area is 162 Å². The van der Waals surface area contributed by atoms with Gasteiger partial charge in [0, 0.05) is 22.3 Å². The van der Waals surface area contributed by atoms with Crippen LogP contribution in [0, 0.1) is 13.8 Å². The van der Waals surface area contributed by atoms with E-state index in [0.29, 0.717) is 22.5 Å². The summed E-state index contributed by atoms with van der Waals surface area (Å²) in [4.78, 5) is 39.6. The number of aromatic nitrogens is 1. The highest BCUT2D eigenvalue weighted by atomic mass is 16.5. The lowest BCUT2D eigenvalue weighted by molar-refractivity contribution is -0.123. The smallest absolute Gasteiger partial charge is 0.355 e. The summed E-state index contributed by atoms with van der Waals surface area (Å²) >= 11 is 0. The number of carbonyl (C=O) groups excluding carboxylic acids is 3. The molecule has 6 nitrogen and oxygen atoms in total. The van der Waals surface area contributed by atoms with E-state index in [4.69, 9.17) is 4.74 Å². The molecule has 0 saturated heterocycles. The Morgan fingerprint density at radius 3 is 2.39 bits per heavy atom. The molecule has 0 fully saturated rings. The predicted octanol–water partition coefficient (Wildman–Crippen LogP) is 4.17. The van der Waals surface area contributed by atoms with Gasteiger partial charge in [-0.1, -0.05) is 36.4 Å². The van der Waals surface area contributed by atoms with Crippen LogP contribution in [0.2, 0.25) is 0 Å². The Balaban J connectivity index is 1.75. The van der Waals surface area contributed by atoms with Gasteiger partial charge in [0.25, 0.3) is 5.91 Å². The number of carbonyl (C=O) groups is 3. The van der Waals surface area contributed by atoms with Crippen LogP contribution < -0.4 is 5.32 Å². The average Bonchev–Trinajstić information content (AvgIpc) is 2.96. The number of nitrogens with one attached hydrogen (secondary N) is 2. The maximum Gasteiger partial charge on any atom is 0.355 e. The molecule has 0 saturated carbocycles. The van der Waals surface area contributed by atoms with Crippen LogP contribution in [0.1, 0.15) is 46.0 Å². The molecule has 1 heterocycles. The number of esters is 1. The molecule has 0 aliphatic rings. The van der Waals surface area contributed by atoms with Gasteiger partial charge in [-0.05, 0) is 44.7 Å². The lowest BCUT2D eigenvalue weighted by Crippen LogP contribution is -2.30. The monoisotopic (exact) mass is 378 g/mol. The fourth-order valence-corrected chi connectivity index (χ4v) is 3.32. The predicted molar refractivity (Wildman–Crippen MR) is 108 cm³/mol. The van der Waals surface area contributed by atoms with Gasteiger partial charge >= 0.3 is 5.97 Å². The number of hydrogen-bond acceptors (Lipinski definition) is 4. The van der Waals surface area contributed by atoms with Crippen LogP contribution in [-0.4, -0.2) is 28.7 Å². The molecule has 2 aromatic carbocycles. The van der Waals surface area contributed by atoms with Gasteiger partial charge in [-0.2, -0.15) is 0 Å². The highest BCUT2D eigenvalue weighted by Gasteiger charge is 2.25. The molecule has 6 heteroatoms. The Hall–Kier alpha value is -3.41. The number of hydrogen-bond donors (Lipinski definition) is 2. The van der Waals surface area contributed by atoms with Crippen molar-refractivity contribution in [1.29, 1.82) is 0 Å². The van der Waals surface area contributed by atoms with E-state index >= 15 is 0 Å². The van der Waals surface area contributed by atoms with Crippen molar-refractivity contribution in [3.05, 3.63) is 65.0 Å². The quantitative estimate of drug-likeness (QED) is 0.515. The molecule has 1 atom stereocenters. The summed E-state index contributed by atoms with van der Waals surface area (Å²) in [7, 11) is 0. The molecule has 0 spiro atoms. The van der Waals surface area contributed by atoms with E-state index in [2.05, 4.69) is 10.3 Å². The van der Waals surface area contributed by atoms with E-state index in [9.17, 15) is 14.4 Å². The number of benzene rings is 2. The van der Waals surface area contributed by atoms with Crippen LogP contribution in [0.4, 0.5) is 5.69 Å². The van der Waals surface area contributed by atoms with Gasteiger partial charge in [-0.3, -0.25) is 9.59 Å². The Morgan fingerprint density at radius 1 is 1.04 bits per heavy atom. The summed E-state index contributed by atoms with van der Waals surface area (Å²) in [5.74, 6) is -1.24. The molecule has 0 aliphatic carbocycles. The second-order valence-corrected chi connectivity index (χ2v) is 6.74. The first-order valence-corrected chi connectivity index (χ1v) is 8.99. The van der Waals surface area contributed by atoms with E-state index in [1.54, 1.807) is 19.9 Å². The number of rotatable bonds is 5. The third kappa shape index (κ3) is 3.67. The number of aromatic amines is 1. The summed E-state index contributed by atoms with van der Waals surface area (Å²) in [6, 6.07) is 13.3. The minimum atomic E-state index is -1.00. The van der Waals surface area contributed by atoms with Crippen molar-refractivity contribution in [2.24, 2.45) is 0 Å². The van der Waals surface area contributed by atoms with Crippen LogP contribution in [-0.2, 0) is 9.53 Å². The normalized spacial score (nSPS) is 11.9. The number of ketones is 1. The second-order valence-electron chi connectivity index (χ2n) is 6.74. The van der Waals surface area contributed by atoms with Gasteiger partial charge in [0.1, 0.15) is 5.69 Å². The van der Waals surface area contributed by atoms with Crippen molar-refractivity contribution in [2.75, 3.05) is 5.32 Å². The van der Waals surface area contributed by atoms with Gasteiger partial charge < -0.3 is 15.0 Å². The van der Waals surface area contributed by atoms with E-state index < -0.39 is 18.0 Å². The number of aryl methyl sites for hydroxylation is 1. The molecule has 3 rings (SSSR count). The average molecular weight is 378 g/mol. The topological polar surface area (TPSA) is 88.3 Å². The Kier molecular flexibility index (Phi) is 5.31. The summed E-state index contributed by atoms with van der Waals surface area (Å²) < 4.78 is 5.32. The molecule has 2 N–H and O–H groups in total. The van der Waals surface area contributed by atoms with Crippen molar-refractivity contribution in [2.45, 2.75) is 33.8 Å². The van der Waals surface area contributed by atoms with Crippen LogP contribution in [0.5, 0.6) is 0 Å². The highest BCUT2D eigenvalue weighted by molar-refractivity contribution is 6.05. The Bertz CT molecular complexity index is 1080. The minimum Gasteiger partial charge on any atom is -0.448 e. The third-order valence-corrected chi connectivity index (χ3v) is 4.69. The van der Waals surface area contributed by atoms with E-state index in [0.717, 1.165) is 10.8 Å². The summed E-state index contributed by atoms with van der Waals surface area (Å²) in [5, 5.41) is 4.71. The van der Waals surface area contributed by atoms with Crippen LogP contribution in [0.15, 0.2) is 42.5 Å². The van der Waals surface area contributed by atoms with Gasteiger partial charge in [0.15, 0.2) is 11.9 Å². The van der Waals surface area contributed by atoms with Gasteiger partial charge in [-0.15, -0.1) is 0 Å². The molecule has 0 radical (unpaired) electrons. The zero-order valence-electron chi connectivity index (χ0n) is 16.3. The van der Waals surface area contributed by atoms with Crippen LogP contribution >= 0.6 is 0 Å². The number of fused-ring (bicyclic) bond motifs is 1. The second kappa shape index (κ2) is 7.68. The van der Waals surface area contributed by atoms with Gasteiger partial charge in [0.2, 0.25) is 0 Å². The first-order valence-electron chi connectivity index (χ1n) is 8.99. The first-order chi connectivity index (χ1) is 13.3. The zero-order valence-corrected chi connectivity index (χ0v) is 16.3. The SMILES string of the molecule is CC(=O)c1c(C)[nH]c(C(=O)OC(C)C(=O)Nc2cccc3ccccc23)c1C. The summed E-state index contributed by atoms with van der Waals surface area (Å²) in [5.41, 5.74) is 2.44.